The molecule has 0 saturated carbocycles. The minimum atomic E-state index is -0.749. The number of likely N-dealkylation sites (tertiary alicyclic amines) is 1. The van der Waals surface area contributed by atoms with E-state index in [1.54, 1.807) is 11.3 Å². The Morgan fingerprint density at radius 1 is 1.47 bits per heavy atom. The lowest BCUT2D eigenvalue weighted by molar-refractivity contribution is -0.151. The minimum Gasteiger partial charge on any atom is -0.480 e. The van der Waals surface area contributed by atoms with E-state index in [9.17, 15) is 9.90 Å². The van der Waals surface area contributed by atoms with Crippen LogP contribution in [0.5, 0.6) is 0 Å². The van der Waals surface area contributed by atoms with Crippen molar-refractivity contribution in [1.82, 2.24) is 4.90 Å². The molecule has 94 valence electrons. The van der Waals surface area contributed by atoms with Crippen molar-refractivity contribution in [2.24, 2.45) is 0 Å². The summed E-state index contributed by atoms with van der Waals surface area (Å²) >= 11 is 1.63. The summed E-state index contributed by atoms with van der Waals surface area (Å²) in [7, 11) is 0. The Morgan fingerprint density at radius 3 is 2.71 bits per heavy atom. The molecular weight excluding hydrogens is 234 g/mol. The molecule has 1 unspecified atom stereocenters. The summed E-state index contributed by atoms with van der Waals surface area (Å²) in [5, 5.41) is 13.6. The van der Waals surface area contributed by atoms with Crippen LogP contribution in [0.2, 0.25) is 0 Å². The van der Waals surface area contributed by atoms with Crippen LogP contribution in [-0.4, -0.2) is 34.6 Å². The molecule has 1 N–H and O–H groups in total. The van der Waals surface area contributed by atoms with Gasteiger partial charge in [-0.15, -0.1) is 0 Å². The predicted octanol–water partition coefficient (Wildman–Crippen LogP) is 2.62. The third kappa shape index (κ3) is 2.69. The van der Waals surface area contributed by atoms with Crippen molar-refractivity contribution in [3.63, 3.8) is 0 Å². The molecule has 0 aromatic carbocycles. The zero-order valence-corrected chi connectivity index (χ0v) is 11.0. The van der Waals surface area contributed by atoms with Crippen molar-refractivity contribution in [3.05, 3.63) is 22.4 Å². The van der Waals surface area contributed by atoms with Gasteiger partial charge in [0, 0.05) is 6.42 Å². The van der Waals surface area contributed by atoms with E-state index in [2.05, 4.69) is 4.90 Å². The topological polar surface area (TPSA) is 40.5 Å². The van der Waals surface area contributed by atoms with E-state index in [0.717, 1.165) is 31.5 Å². The fourth-order valence-electron chi connectivity index (χ4n) is 2.50. The van der Waals surface area contributed by atoms with Gasteiger partial charge in [-0.05, 0) is 55.2 Å². The molecule has 2 heterocycles. The number of hydrogen-bond acceptors (Lipinski definition) is 3. The van der Waals surface area contributed by atoms with Crippen molar-refractivity contribution in [3.8, 4) is 0 Å². The van der Waals surface area contributed by atoms with E-state index >= 15 is 0 Å². The molecule has 4 heteroatoms. The lowest BCUT2D eigenvalue weighted by Crippen LogP contribution is -2.55. The summed E-state index contributed by atoms with van der Waals surface area (Å²) in [5.41, 5.74) is 0.382. The van der Waals surface area contributed by atoms with E-state index in [4.69, 9.17) is 0 Å². The van der Waals surface area contributed by atoms with Gasteiger partial charge in [-0.1, -0.05) is 6.42 Å². The Kier molecular flexibility index (Phi) is 3.84. The number of carbonyl (C=O) groups is 1. The molecule has 1 saturated heterocycles. The van der Waals surface area contributed by atoms with Crippen molar-refractivity contribution in [2.75, 3.05) is 13.1 Å². The lowest BCUT2D eigenvalue weighted by atomic mass is 9.90. The van der Waals surface area contributed by atoms with Crippen LogP contribution in [-0.2, 0) is 11.2 Å². The van der Waals surface area contributed by atoms with Crippen LogP contribution in [0.4, 0.5) is 0 Å². The first-order valence-electron chi connectivity index (χ1n) is 6.12. The average Bonchev–Trinajstić information content (AvgIpc) is 2.82. The van der Waals surface area contributed by atoms with E-state index in [0.29, 0.717) is 6.42 Å². The summed E-state index contributed by atoms with van der Waals surface area (Å²) < 4.78 is 0. The van der Waals surface area contributed by atoms with Gasteiger partial charge in [0.15, 0.2) is 0 Å². The highest BCUT2D eigenvalue weighted by molar-refractivity contribution is 7.07. The van der Waals surface area contributed by atoms with Crippen molar-refractivity contribution in [2.45, 2.75) is 38.1 Å². The molecule has 0 radical (unpaired) electrons. The van der Waals surface area contributed by atoms with Gasteiger partial charge in [-0.3, -0.25) is 9.69 Å². The Balaban J connectivity index is 2.16. The Bertz CT molecular complexity index is 371. The first kappa shape index (κ1) is 12.6. The second kappa shape index (κ2) is 5.19. The highest BCUT2D eigenvalue weighted by Gasteiger charge is 2.40. The zero-order valence-electron chi connectivity index (χ0n) is 10.2. The fraction of sp³-hybridized carbons (Fsp3) is 0.615. The number of nitrogens with zero attached hydrogens (tertiary/aromatic N) is 1. The van der Waals surface area contributed by atoms with Crippen molar-refractivity contribution in [1.29, 1.82) is 0 Å². The average molecular weight is 253 g/mol. The van der Waals surface area contributed by atoms with Gasteiger partial charge < -0.3 is 5.11 Å². The monoisotopic (exact) mass is 253 g/mol. The predicted molar refractivity (Wildman–Crippen MR) is 69.5 cm³/mol. The van der Waals surface area contributed by atoms with Crippen LogP contribution in [0.25, 0.3) is 0 Å². The Hall–Kier alpha value is -0.870. The molecule has 2 rings (SSSR count). The second-order valence-corrected chi connectivity index (χ2v) is 5.72. The minimum absolute atomic E-state index is 0.603. The number of aliphatic carboxylic acids is 1. The molecule has 3 nitrogen and oxygen atoms in total. The summed E-state index contributed by atoms with van der Waals surface area (Å²) in [6.07, 6.45) is 4.06. The first-order chi connectivity index (χ1) is 8.13. The summed E-state index contributed by atoms with van der Waals surface area (Å²) in [6.45, 7) is 3.68. The number of rotatable bonds is 4. The number of hydrogen-bond donors (Lipinski definition) is 1. The number of carboxylic acid groups (broad SMARTS) is 1. The molecule has 1 atom stereocenters. The smallest absolute Gasteiger partial charge is 0.324 e. The zero-order chi connectivity index (χ0) is 12.3. The highest BCUT2D eigenvalue weighted by atomic mass is 32.1. The number of thiophene rings is 1. The van der Waals surface area contributed by atoms with Crippen LogP contribution in [0.1, 0.15) is 31.7 Å². The molecule has 0 aliphatic carbocycles. The summed E-state index contributed by atoms with van der Waals surface area (Å²) in [4.78, 5) is 13.7. The number of carboxylic acids is 1. The molecule has 1 aromatic heterocycles. The standard InChI is InChI=1S/C13H19NO2S/c1-13(12(15)16,9-11-5-8-17-10-11)14-6-3-2-4-7-14/h5,8,10H,2-4,6-7,9H2,1H3,(H,15,16). The highest BCUT2D eigenvalue weighted by Crippen LogP contribution is 2.26. The second-order valence-electron chi connectivity index (χ2n) is 4.94. The summed E-state index contributed by atoms with van der Waals surface area (Å²) in [5.74, 6) is -0.703. The van der Waals surface area contributed by atoms with Gasteiger partial charge in [0.05, 0.1) is 0 Å². The van der Waals surface area contributed by atoms with Crippen LogP contribution >= 0.6 is 11.3 Å². The lowest BCUT2D eigenvalue weighted by Gasteiger charge is -2.40. The maximum Gasteiger partial charge on any atom is 0.324 e. The molecule has 1 aromatic rings. The Morgan fingerprint density at radius 2 is 2.18 bits per heavy atom. The van der Waals surface area contributed by atoms with Gasteiger partial charge in [0.2, 0.25) is 0 Å². The van der Waals surface area contributed by atoms with Gasteiger partial charge in [-0.2, -0.15) is 11.3 Å². The van der Waals surface area contributed by atoms with Crippen LogP contribution in [0.15, 0.2) is 16.8 Å². The van der Waals surface area contributed by atoms with Crippen LogP contribution in [0, 0.1) is 0 Å². The quantitative estimate of drug-likeness (QED) is 0.896. The maximum atomic E-state index is 11.6. The first-order valence-corrected chi connectivity index (χ1v) is 7.07. The van der Waals surface area contributed by atoms with Gasteiger partial charge in [-0.25, -0.2) is 0 Å². The largest absolute Gasteiger partial charge is 0.480 e. The normalized spacial score (nSPS) is 21.0. The fourth-order valence-corrected chi connectivity index (χ4v) is 3.17. The molecule has 1 aliphatic heterocycles. The van der Waals surface area contributed by atoms with Crippen molar-refractivity contribution >= 4 is 17.3 Å². The van der Waals surface area contributed by atoms with E-state index in [1.165, 1.54) is 6.42 Å². The van der Waals surface area contributed by atoms with E-state index in [-0.39, 0.29) is 0 Å². The molecule has 0 amide bonds. The van der Waals surface area contributed by atoms with Crippen LogP contribution in [0.3, 0.4) is 0 Å². The molecular formula is C13H19NO2S. The third-order valence-electron chi connectivity index (χ3n) is 3.64. The Labute approximate surface area is 106 Å². The molecule has 0 bridgehead atoms. The van der Waals surface area contributed by atoms with Gasteiger partial charge >= 0.3 is 5.97 Å². The van der Waals surface area contributed by atoms with E-state index < -0.39 is 11.5 Å². The molecule has 1 fully saturated rings. The number of piperidine rings is 1. The third-order valence-corrected chi connectivity index (χ3v) is 4.38. The van der Waals surface area contributed by atoms with E-state index in [1.807, 2.05) is 23.8 Å². The molecule has 0 spiro atoms. The maximum absolute atomic E-state index is 11.6. The summed E-state index contributed by atoms with van der Waals surface area (Å²) in [6, 6.07) is 2.02. The van der Waals surface area contributed by atoms with Gasteiger partial charge in [0.25, 0.3) is 0 Å². The molecule has 1 aliphatic rings. The molecule has 17 heavy (non-hydrogen) atoms. The SMILES string of the molecule is CC(Cc1ccsc1)(C(=O)O)N1CCCCC1. The van der Waals surface area contributed by atoms with Crippen LogP contribution < -0.4 is 0 Å². The van der Waals surface area contributed by atoms with Gasteiger partial charge in [0.1, 0.15) is 5.54 Å². The van der Waals surface area contributed by atoms with Crippen molar-refractivity contribution < 1.29 is 9.90 Å².